The van der Waals surface area contributed by atoms with Crippen LogP contribution in [0.25, 0.3) is 0 Å². The number of nitrogens with zero attached hydrogens (tertiary/aromatic N) is 2. The third-order valence-corrected chi connectivity index (χ3v) is 5.34. The van der Waals surface area contributed by atoms with Crippen molar-refractivity contribution in [2.75, 3.05) is 32.8 Å². The molecule has 1 aliphatic carbocycles. The predicted molar refractivity (Wildman–Crippen MR) is 117 cm³/mol. The first-order valence-electron chi connectivity index (χ1n) is 9.85. The lowest BCUT2D eigenvalue weighted by atomic mass is 10.0. The number of benzene rings is 1. The zero-order chi connectivity index (χ0) is 20.2. The van der Waals surface area contributed by atoms with Crippen molar-refractivity contribution >= 4 is 29.9 Å². The summed E-state index contributed by atoms with van der Waals surface area (Å²) < 4.78 is 44.8. The van der Waals surface area contributed by atoms with Crippen LogP contribution in [0.4, 0.5) is 13.2 Å². The molecule has 1 saturated carbocycles. The molecule has 1 aliphatic heterocycles. The molecule has 1 saturated heterocycles. The molecule has 1 aromatic carbocycles. The minimum atomic E-state index is -4.38. The molecular formula is C20H29F3IN3O2. The van der Waals surface area contributed by atoms with Gasteiger partial charge in [-0.2, -0.15) is 13.2 Å². The number of hydrogen-bond donors (Lipinski definition) is 2. The van der Waals surface area contributed by atoms with E-state index in [1.54, 1.807) is 6.07 Å². The monoisotopic (exact) mass is 527 g/mol. The first kappa shape index (κ1) is 24.2. The molecule has 0 aromatic heterocycles. The number of halogens is 4. The molecule has 1 aromatic rings. The summed E-state index contributed by atoms with van der Waals surface area (Å²) in [6.07, 6.45) is -1.31. The van der Waals surface area contributed by atoms with E-state index in [0.29, 0.717) is 44.3 Å². The number of aliphatic imine (C=N–C) groups is 1. The zero-order valence-corrected chi connectivity index (χ0v) is 18.9. The van der Waals surface area contributed by atoms with Gasteiger partial charge in [-0.05, 0) is 37.5 Å². The van der Waals surface area contributed by atoms with Gasteiger partial charge >= 0.3 is 6.18 Å². The van der Waals surface area contributed by atoms with E-state index in [9.17, 15) is 18.3 Å². The molecule has 0 bridgehead atoms. The molecule has 5 nitrogen and oxygen atoms in total. The molecular weight excluding hydrogens is 498 g/mol. The number of hydrogen-bond acceptors (Lipinski definition) is 3. The topological polar surface area (TPSA) is 57.1 Å². The average molecular weight is 527 g/mol. The van der Waals surface area contributed by atoms with Crippen LogP contribution in [0.15, 0.2) is 29.3 Å². The van der Waals surface area contributed by atoms with E-state index in [1.165, 1.54) is 6.07 Å². The lowest BCUT2D eigenvalue weighted by Crippen LogP contribution is -2.48. The molecule has 0 radical (unpaired) electrons. The highest BCUT2D eigenvalue weighted by atomic mass is 127. The second-order valence-electron chi connectivity index (χ2n) is 7.53. The molecule has 1 unspecified atom stereocenters. The van der Waals surface area contributed by atoms with Gasteiger partial charge in [-0.25, -0.2) is 0 Å². The van der Waals surface area contributed by atoms with E-state index in [0.717, 1.165) is 37.8 Å². The largest absolute Gasteiger partial charge is 0.416 e. The summed E-state index contributed by atoms with van der Waals surface area (Å²) in [7, 11) is 0. The quantitative estimate of drug-likeness (QED) is 0.354. The van der Waals surface area contributed by atoms with Crippen LogP contribution in [0, 0.1) is 0 Å². The molecule has 0 spiro atoms. The normalized spacial score (nSPS) is 22.3. The van der Waals surface area contributed by atoms with Crippen LogP contribution in [-0.2, 0) is 10.9 Å². The van der Waals surface area contributed by atoms with Crippen molar-refractivity contribution in [2.45, 2.75) is 50.5 Å². The number of nitrogens with one attached hydrogen (secondary N) is 1. The molecule has 9 heteroatoms. The molecule has 2 fully saturated rings. The van der Waals surface area contributed by atoms with Crippen molar-refractivity contribution in [3.05, 3.63) is 35.4 Å². The smallest absolute Gasteiger partial charge is 0.388 e. The van der Waals surface area contributed by atoms with Crippen LogP contribution in [0.5, 0.6) is 0 Å². The van der Waals surface area contributed by atoms with Gasteiger partial charge in [-0.1, -0.05) is 25.0 Å². The highest BCUT2D eigenvalue weighted by Gasteiger charge is 2.33. The molecule has 29 heavy (non-hydrogen) atoms. The third-order valence-electron chi connectivity index (χ3n) is 5.34. The van der Waals surface area contributed by atoms with Gasteiger partial charge in [0.05, 0.1) is 30.9 Å². The molecule has 3 rings (SSSR count). The minimum Gasteiger partial charge on any atom is -0.388 e. The Labute approximate surface area is 186 Å². The van der Waals surface area contributed by atoms with Crippen molar-refractivity contribution < 1.29 is 23.0 Å². The Morgan fingerprint density at radius 1 is 1.34 bits per heavy atom. The number of aliphatic hydroxyl groups is 1. The Kier molecular flexibility index (Phi) is 8.59. The van der Waals surface area contributed by atoms with Crippen LogP contribution >= 0.6 is 24.0 Å². The molecule has 2 N–H and O–H groups in total. The molecule has 1 atom stereocenters. The number of ether oxygens (including phenoxy) is 1. The van der Waals surface area contributed by atoms with Crippen molar-refractivity contribution in [3.8, 4) is 0 Å². The maximum atomic E-state index is 13.0. The second kappa shape index (κ2) is 10.3. The average Bonchev–Trinajstić information content (AvgIpc) is 3.11. The van der Waals surface area contributed by atoms with Gasteiger partial charge in [0.15, 0.2) is 5.96 Å². The fourth-order valence-corrected chi connectivity index (χ4v) is 3.80. The number of rotatable bonds is 4. The van der Waals surface area contributed by atoms with E-state index < -0.39 is 23.4 Å². The van der Waals surface area contributed by atoms with Crippen LogP contribution in [0.2, 0.25) is 0 Å². The van der Waals surface area contributed by atoms with Gasteiger partial charge in [0.2, 0.25) is 0 Å². The van der Waals surface area contributed by atoms with E-state index in [-0.39, 0.29) is 24.0 Å². The lowest BCUT2D eigenvalue weighted by molar-refractivity contribution is -0.137. The summed E-state index contributed by atoms with van der Waals surface area (Å²) in [5.74, 6) is 0.670. The highest BCUT2D eigenvalue weighted by Crippen LogP contribution is 2.32. The molecule has 0 amide bonds. The second-order valence-corrected chi connectivity index (χ2v) is 7.53. The molecule has 164 valence electrons. The summed E-state index contributed by atoms with van der Waals surface area (Å²) in [5.41, 5.74) is -0.910. The van der Waals surface area contributed by atoms with E-state index in [4.69, 9.17) is 4.74 Å². The Hall–Kier alpha value is -1.07. The first-order valence-corrected chi connectivity index (χ1v) is 9.85. The van der Waals surface area contributed by atoms with Gasteiger partial charge < -0.3 is 20.1 Å². The number of guanidine groups is 1. The fourth-order valence-electron chi connectivity index (χ4n) is 3.80. The van der Waals surface area contributed by atoms with Gasteiger partial charge in [0, 0.05) is 13.1 Å². The van der Waals surface area contributed by atoms with Crippen molar-refractivity contribution in [2.24, 2.45) is 4.99 Å². The van der Waals surface area contributed by atoms with Gasteiger partial charge in [0.25, 0.3) is 0 Å². The lowest BCUT2D eigenvalue weighted by Gasteiger charge is -2.36. The summed E-state index contributed by atoms with van der Waals surface area (Å²) in [6.45, 7) is 4.37. The van der Waals surface area contributed by atoms with Gasteiger partial charge in [0.1, 0.15) is 6.10 Å². The Morgan fingerprint density at radius 2 is 2.07 bits per heavy atom. The highest BCUT2D eigenvalue weighted by molar-refractivity contribution is 14.0. The molecule has 2 aliphatic rings. The van der Waals surface area contributed by atoms with Crippen LogP contribution in [0.1, 0.15) is 49.8 Å². The summed E-state index contributed by atoms with van der Waals surface area (Å²) >= 11 is 0. The SMILES string of the molecule is CCNC(=NCC1(O)CCCC1)N1CCOC(c2cccc(C(F)(F)F)c2)C1.I. The van der Waals surface area contributed by atoms with Gasteiger partial charge in [-0.3, -0.25) is 4.99 Å². The van der Waals surface area contributed by atoms with Crippen molar-refractivity contribution in [1.29, 1.82) is 0 Å². The standard InChI is InChI=1S/C20H28F3N3O2.HI/c1-2-24-18(25-14-19(27)8-3-4-9-19)26-10-11-28-17(13-26)15-6-5-7-16(12-15)20(21,22)23;/h5-7,12,17,27H,2-4,8-11,13-14H2,1H3,(H,24,25);1H. The maximum absolute atomic E-state index is 13.0. The number of alkyl halides is 3. The van der Waals surface area contributed by atoms with Crippen LogP contribution in [0.3, 0.4) is 0 Å². The zero-order valence-electron chi connectivity index (χ0n) is 16.5. The van der Waals surface area contributed by atoms with E-state index in [1.807, 2.05) is 11.8 Å². The minimum absolute atomic E-state index is 0. The van der Waals surface area contributed by atoms with E-state index >= 15 is 0 Å². The van der Waals surface area contributed by atoms with Gasteiger partial charge in [-0.15, -0.1) is 24.0 Å². The summed E-state index contributed by atoms with van der Waals surface area (Å²) in [4.78, 5) is 6.62. The molecule has 1 heterocycles. The Morgan fingerprint density at radius 3 is 2.72 bits per heavy atom. The van der Waals surface area contributed by atoms with Crippen LogP contribution in [-0.4, -0.2) is 54.4 Å². The predicted octanol–water partition coefficient (Wildman–Crippen LogP) is 3.97. The number of morpholine rings is 1. The third kappa shape index (κ3) is 6.45. The van der Waals surface area contributed by atoms with E-state index in [2.05, 4.69) is 10.3 Å². The maximum Gasteiger partial charge on any atom is 0.416 e. The Bertz CT molecular complexity index is 694. The first-order chi connectivity index (χ1) is 13.3. The fraction of sp³-hybridized carbons (Fsp3) is 0.650. The summed E-state index contributed by atoms with van der Waals surface area (Å²) in [5, 5.41) is 13.8. The summed E-state index contributed by atoms with van der Waals surface area (Å²) in [6, 6.07) is 5.29. The Balaban J connectivity index is 0.00000300. The van der Waals surface area contributed by atoms with Crippen LogP contribution < -0.4 is 5.32 Å². The van der Waals surface area contributed by atoms with Crippen molar-refractivity contribution in [1.82, 2.24) is 10.2 Å². The van der Waals surface area contributed by atoms with Crippen molar-refractivity contribution in [3.63, 3.8) is 0 Å².